The average Bonchev–Trinajstić information content (AvgIpc) is 2.55. The largest absolute Gasteiger partial charge is 0.452 e. The number of carbonyl (C=O) groups is 2. The van der Waals surface area contributed by atoms with Crippen LogP contribution in [0.5, 0.6) is 0 Å². The van der Waals surface area contributed by atoms with E-state index in [9.17, 15) is 9.59 Å². The van der Waals surface area contributed by atoms with E-state index in [1.54, 1.807) is 25.1 Å². The summed E-state index contributed by atoms with van der Waals surface area (Å²) in [5.41, 5.74) is 0.00299. The number of halogens is 3. The Labute approximate surface area is 177 Å². The van der Waals surface area contributed by atoms with E-state index in [2.05, 4.69) is 21.2 Å². The highest BCUT2D eigenvalue weighted by Gasteiger charge is 2.60. The zero-order valence-electron chi connectivity index (χ0n) is 15.1. The summed E-state index contributed by atoms with van der Waals surface area (Å²) in [6.07, 6.45) is 5.19. The van der Waals surface area contributed by atoms with Crippen molar-refractivity contribution in [1.29, 1.82) is 0 Å². The minimum atomic E-state index is -0.886. The van der Waals surface area contributed by atoms with Crippen LogP contribution in [0.2, 0.25) is 10.0 Å². The van der Waals surface area contributed by atoms with Crippen molar-refractivity contribution >= 4 is 56.7 Å². The molecule has 0 aliphatic heterocycles. The molecule has 5 rings (SSSR count). The van der Waals surface area contributed by atoms with Gasteiger partial charge < -0.3 is 10.1 Å². The maximum absolute atomic E-state index is 13.1. The standard InChI is InChI=1S/C20H22BrCl2NO3/c1-11(17(25)24-16-3-2-14(22)5-15(16)23)27-18(26)19-6-12-4-13(7-19)9-20(21,8-12)10-19/h2-3,5,11-13H,4,6-10H2,1H3,(H,24,25). The second-order valence-corrected chi connectivity index (χ2v) is 11.1. The highest BCUT2D eigenvalue weighted by atomic mass is 79.9. The fraction of sp³-hybridized carbons (Fsp3) is 0.600. The van der Waals surface area contributed by atoms with Gasteiger partial charge in [-0.1, -0.05) is 39.1 Å². The lowest BCUT2D eigenvalue weighted by Crippen LogP contribution is -2.56. The van der Waals surface area contributed by atoms with Crippen molar-refractivity contribution in [1.82, 2.24) is 0 Å². The number of hydrogen-bond donors (Lipinski definition) is 1. The molecule has 0 spiro atoms. The highest BCUT2D eigenvalue weighted by Crippen LogP contribution is 2.64. The van der Waals surface area contributed by atoms with Crippen LogP contribution in [0.3, 0.4) is 0 Å². The number of hydrogen-bond acceptors (Lipinski definition) is 3. The topological polar surface area (TPSA) is 55.4 Å². The molecule has 3 atom stereocenters. The van der Waals surface area contributed by atoms with Gasteiger partial charge in [0.05, 0.1) is 16.1 Å². The third-order valence-electron chi connectivity index (χ3n) is 6.26. The van der Waals surface area contributed by atoms with Crippen molar-refractivity contribution < 1.29 is 14.3 Å². The van der Waals surface area contributed by atoms with E-state index in [0.717, 1.165) is 32.1 Å². The van der Waals surface area contributed by atoms with Gasteiger partial charge in [-0.25, -0.2) is 0 Å². The van der Waals surface area contributed by atoms with Crippen LogP contribution >= 0.6 is 39.1 Å². The first kappa shape index (κ1) is 19.5. The van der Waals surface area contributed by atoms with Crippen LogP contribution < -0.4 is 5.32 Å². The zero-order chi connectivity index (χ0) is 19.4. The summed E-state index contributed by atoms with van der Waals surface area (Å²) in [5, 5.41) is 3.54. The van der Waals surface area contributed by atoms with Crippen molar-refractivity contribution in [2.45, 2.75) is 55.9 Å². The molecule has 4 bridgehead atoms. The van der Waals surface area contributed by atoms with Crippen LogP contribution in [0.15, 0.2) is 18.2 Å². The van der Waals surface area contributed by atoms with Gasteiger partial charge in [0.25, 0.3) is 5.91 Å². The van der Waals surface area contributed by atoms with Crippen LogP contribution in [0.1, 0.15) is 45.4 Å². The fourth-order valence-electron chi connectivity index (χ4n) is 5.55. The number of rotatable bonds is 4. The number of benzene rings is 1. The first-order valence-corrected chi connectivity index (χ1v) is 10.9. The second kappa shape index (κ2) is 6.93. The van der Waals surface area contributed by atoms with Crippen molar-refractivity contribution in [3.8, 4) is 0 Å². The molecule has 7 heteroatoms. The van der Waals surface area contributed by atoms with Crippen LogP contribution in [0, 0.1) is 17.3 Å². The number of esters is 1. The average molecular weight is 475 g/mol. The molecule has 0 heterocycles. The lowest BCUT2D eigenvalue weighted by molar-refractivity contribution is -0.175. The lowest BCUT2D eigenvalue weighted by Gasteiger charge is -2.58. The Kier molecular flexibility index (Phi) is 5.01. The summed E-state index contributed by atoms with van der Waals surface area (Å²) < 4.78 is 5.70. The summed E-state index contributed by atoms with van der Waals surface area (Å²) in [4.78, 5) is 25.5. The first-order chi connectivity index (χ1) is 12.7. The number of amides is 1. The van der Waals surface area contributed by atoms with Crippen LogP contribution in [-0.4, -0.2) is 22.3 Å². The molecule has 1 N–H and O–H groups in total. The molecule has 4 nitrogen and oxygen atoms in total. The van der Waals surface area contributed by atoms with Gasteiger partial charge in [-0.05, 0) is 75.5 Å². The minimum Gasteiger partial charge on any atom is -0.452 e. The molecule has 0 aromatic heterocycles. The van der Waals surface area contributed by atoms with Gasteiger partial charge in [0, 0.05) is 9.35 Å². The molecule has 0 saturated heterocycles. The highest BCUT2D eigenvalue weighted by molar-refractivity contribution is 9.10. The Morgan fingerprint density at radius 2 is 1.89 bits per heavy atom. The van der Waals surface area contributed by atoms with Crippen molar-refractivity contribution in [3.05, 3.63) is 28.2 Å². The quantitative estimate of drug-likeness (QED) is 0.456. The molecule has 27 heavy (non-hydrogen) atoms. The van der Waals surface area contributed by atoms with E-state index < -0.39 is 17.4 Å². The molecule has 4 saturated carbocycles. The van der Waals surface area contributed by atoms with E-state index in [1.807, 2.05) is 0 Å². The summed E-state index contributed by atoms with van der Waals surface area (Å²) in [5.74, 6) is 0.529. The number of ether oxygens (including phenoxy) is 1. The molecular formula is C20H22BrCl2NO3. The third-order valence-corrected chi connectivity index (χ3v) is 7.74. The monoisotopic (exact) mass is 473 g/mol. The van der Waals surface area contributed by atoms with Gasteiger partial charge in [0.2, 0.25) is 0 Å². The summed E-state index contributed by atoms with van der Waals surface area (Å²) >= 11 is 15.9. The van der Waals surface area contributed by atoms with Crippen LogP contribution in [0.25, 0.3) is 0 Å². The Morgan fingerprint density at radius 1 is 1.22 bits per heavy atom. The summed E-state index contributed by atoms with van der Waals surface area (Å²) in [7, 11) is 0. The lowest BCUT2D eigenvalue weighted by atomic mass is 9.49. The Balaban J connectivity index is 1.42. The molecule has 3 unspecified atom stereocenters. The van der Waals surface area contributed by atoms with Gasteiger partial charge in [-0.15, -0.1) is 0 Å². The van der Waals surface area contributed by atoms with E-state index in [-0.39, 0.29) is 10.3 Å². The first-order valence-electron chi connectivity index (χ1n) is 9.34. The molecule has 146 valence electrons. The Bertz CT molecular complexity index is 785. The van der Waals surface area contributed by atoms with Crippen molar-refractivity contribution in [3.63, 3.8) is 0 Å². The normalized spacial score (nSPS) is 35.0. The van der Waals surface area contributed by atoms with Crippen molar-refractivity contribution in [2.75, 3.05) is 5.32 Å². The molecular weight excluding hydrogens is 453 g/mol. The number of carbonyl (C=O) groups excluding carboxylic acids is 2. The molecule has 1 aromatic carbocycles. The number of anilines is 1. The van der Waals surface area contributed by atoms with E-state index >= 15 is 0 Å². The zero-order valence-corrected chi connectivity index (χ0v) is 18.2. The fourth-order valence-corrected chi connectivity index (χ4v) is 7.46. The maximum atomic E-state index is 13.1. The predicted molar refractivity (Wildman–Crippen MR) is 109 cm³/mol. The third kappa shape index (κ3) is 3.75. The Hall–Kier alpha value is -0.780. The number of nitrogens with one attached hydrogen (secondary N) is 1. The van der Waals surface area contributed by atoms with Gasteiger partial charge in [-0.2, -0.15) is 0 Å². The number of alkyl halides is 1. The second-order valence-electron chi connectivity index (χ2n) is 8.55. The Morgan fingerprint density at radius 3 is 2.48 bits per heavy atom. The SMILES string of the molecule is CC(OC(=O)C12CC3CC(CC(Br)(C3)C1)C2)C(=O)Nc1ccc(Cl)cc1Cl. The van der Waals surface area contributed by atoms with Gasteiger partial charge in [-0.3, -0.25) is 9.59 Å². The van der Waals surface area contributed by atoms with E-state index in [0.29, 0.717) is 27.6 Å². The van der Waals surface area contributed by atoms with Crippen LogP contribution in [-0.2, 0) is 14.3 Å². The molecule has 4 aliphatic rings. The maximum Gasteiger partial charge on any atom is 0.312 e. The molecule has 1 amide bonds. The molecule has 0 radical (unpaired) electrons. The van der Waals surface area contributed by atoms with E-state index in [4.69, 9.17) is 27.9 Å². The van der Waals surface area contributed by atoms with E-state index in [1.165, 1.54) is 6.42 Å². The molecule has 4 fully saturated rings. The summed E-state index contributed by atoms with van der Waals surface area (Å²) in [6.45, 7) is 1.60. The van der Waals surface area contributed by atoms with Gasteiger partial charge >= 0.3 is 5.97 Å². The van der Waals surface area contributed by atoms with Crippen molar-refractivity contribution in [2.24, 2.45) is 17.3 Å². The molecule has 1 aromatic rings. The minimum absolute atomic E-state index is 0.0679. The van der Waals surface area contributed by atoms with Gasteiger partial charge in [0.1, 0.15) is 0 Å². The smallest absolute Gasteiger partial charge is 0.312 e. The predicted octanol–water partition coefficient (Wildman–Crippen LogP) is 5.60. The summed E-state index contributed by atoms with van der Waals surface area (Å²) in [6, 6.07) is 4.83. The van der Waals surface area contributed by atoms with Crippen LogP contribution in [0.4, 0.5) is 5.69 Å². The molecule has 4 aliphatic carbocycles. The van der Waals surface area contributed by atoms with Gasteiger partial charge in [0.15, 0.2) is 6.10 Å².